The van der Waals surface area contributed by atoms with Crippen LogP contribution >= 0.6 is 11.8 Å². The molecular formula is C10H15FO6S. The summed E-state index contributed by atoms with van der Waals surface area (Å²) in [5.41, 5.74) is 0. The highest BCUT2D eigenvalue weighted by molar-refractivity contribution is 8.00. The number of carbonyl (C=O) groups excluding carboxylic acids is 2. The van der Waals surface area contributed by atoms with Gasteiger partial charge < -0.3 is 18.9 Å². The van der Waals surface area contributed by atoms with Gasteiger partial charge in [0.05, 0.1) is 19.5 Å². The average molecular weight is 282 g/mol. The summed E-state index contributed by atoms with van der Waals surface area (Å²) in [6.07, 6.45) is -4.15. The number of methoxy groups -OCH3 is 2. The third kappa shape index (κ3) is 3.66. The molecule has 0 aromatic carbocycles. The van der Waals surface area contributed by atoms with Crippen LogP contribution in [0.25, 0.3) is 0 Å². The van der Waals surface area contributed by atoms with E-state index in [1.165, 1.54) is 18.9 Å². The van der Waals surface area contributed by atoms with Gasteiger partial charge in [0.2, 0.25) is 0 Å². The van der Waals surface area contributed by atoms with Gasteiger partial charge in [0.15, 0.2) is 6.10 Å². The van der Waals surface area contributed by atoms with Gasteiger partial charge in [-0.2, -0.15) is 0 Å². The molecule has 1 aliphatic heterocycles. The second-order valence-corrected chi connectivity index (χ2v) is 5.25. The highest BCUT2D eigenvalue weighted by atomic mass is 32.2. The lowest BCUT2D eigenvalue weighted by atomic mass is 10.1. The molecule has 0 aromatic rings. The second-order valence-electron chi connectivity index (χ2n) is 3.63. The van der Waals surface area contributed by atoms with Crippen molar-refractivity contribution in [3.05, 3.63) is 0 Å². The highest BCUT2D eigenvalue weighted by Gasteiger charge is 2.46. The first kappa shape index (κ1) is 14.9. The van der Waals surface area contributed by atoms with Gasteiger partial charge in [-0.15, -0.1) is 11.8 Å². The molecule has 0 bridgehead atoms. The van der Waals surface area contributed by atoms with Crippen LogP contribution in [0.1, 0.15) is 6.92 Å². The van der Waals surface area contributed by atoms with Crippen LogP contribution in [-0.4, -0.2) is 55.9 Å². The number of alkyl halides is 1. The molecule has 1 rings (SSSR count). The minimum Gasteiger partial charge on any atom is -0.438 e. The molecule has 1 saturated heterocycles. The Balaban J connectivity index is 2.57. The van der Waals surface area contributed by atoms with Crippen molar-refractivity contribution in [1.29, 1.82) is 0 Å². The number of halogens is 1. The summed E-state index contributed by atoms with van der Waals surface area (Å²) in [5.74, 6) is 0. The molecule has 0 aromatic heterocycles. The molecule has 18 heavy (non-hydrogen) atoms. The summed E-state index contributed by atoms with van der Waals surface area (Å²) in [5, 5.41) is -0.834. The van der Waals surface area contributed by atoms with Gasteiger partial charge in [-0.25, -0.2) is 14.0 Å². The number of ether oxygens (including phenoxy) is 4. The van der Waals surface area contributed by atoms with E-state index in [9.17, 15) is 14.0 Å². The number of thioether (sulfide) groups is 1. The summed E-state index contributed by atoms with van der Waals surface area (Å²) in [6.45, 7) is 1.57. The standard InChI is InChI=1S/C10H15FO6S/c1-5-7(11)8(17-10(13)15-3)6(18-5)4-16-9(12)14-2/h5-8H,4H2,1-3H3/t5?,6-,7-,8-/m1/s1. The zero-order valence-electron chi connectivity index (χ0n) is 10.3. The number of hydrogen-bond acceptors (Lipinski definition) is 7. The first-order valence-corrected chi connectivity index (χ1v) is 6.18. The van der Waals surface area contributed by atoms with E-state index in [4.69, 9.17) is 9.47 Å². The SMILES string of the molecule is COC(=O)OC[C@H]1SC(C)[C@@H](F)[C@@H]1OC(=O)OC. The molecule has 0 aliphatic carbocycles. The van der Waals surface area contributed by atoms with Crippen LogP contribution in [0, 0.1) is 0 Å². The van der Waals surface area contributed by atoms with Gasteiger partial charge in [-0.05, 0) is 0 Å². The zero-order chi connectivity index (χ0) is 13.7. The quantitative estimate of drug-likeness (QED) is 0.730. The largest absolute Gasteiger partial charge is 0.508 e. The Bertz CT molecular complexity index is 313. The molecule has 1 aliphatic rings. The maximum absolute atomic E-state index is 13.8. The summed E-state index contributed by atoms with van der Waals surface area (Å²) >= 11 is 1.25. The van der Waals surface area contributed by atoms with Crippen LogP contribution in [0.5, 0.6) is 0 Å². The topological polar surface area (TPSA) is 71.1 Å². The number of rotatable bonds is 3. The van der Waals surface area contributed by atoms with Crippen molar-refractivity contribution >= 4 is 24.1 Å². The fraction of sp³-hybridized carbons (Fsp3) is 0.800. The molecule has 104 valence electrons. The Labute approximate surface area is 108 Å². The van der Waals surface area contributed by atoms with Crippen LogP contribution in [0.2, 0.25) is 0 Å². The molecule has 6 nitrogen and oxygen atoms in total. The second kappa shape index (κ2) is 6.67. The Morgan fingerprint density at radius 3 is 2.39 bits per heavy atom. The summed E-state index contributed by atoms with van der Waals surface area (Å²) in [7, 11) is 2.31. The predicted octanol–water partition coefficient (Wildman–Crippen LogP) is 1.76. The molecule has 0 spiro atoms. The van der Waals surface area contributed by atoms with E-state index in [1.807, 2.05) is 0 Å². The van der Waals surface area contributed by atoms with Gasteiger partial charge in [0.25, 0.3) is 0 Å². The van der Waals surface area contributed by atoms with Crippen molar-refractivity contribution in [3.63, 3.8) is 0 Å². The fourth-order valence-corrected chi connectivity index (χ4v) is 2.91. The molecule has 0 saturated carbocycles. The smallest absolute Gasteiger partial charge is 0.438 e. The van der Waals surface area contributed by atoms with E-state index in [0.717, 1.165) is 7.11 Å². The highest BCUT2D eigenvalue weighted by Crippen LogP contribution is 2.38. The lowest BCUT2D eigenvalue weighted by Crippen LogP contribution is -2.36. The molecule has 1 fully saturated rings. The molecule has 1 unspecified atom stereocenters. The summed E-state index contributed by atoms with van der Waals surface area (Å²) in [6, 6.07) is 0. The molecule has 8 heteroatoms. The van der Waals surface area contributed by atoms with E-state index < -0.39 is 29.8 Å². The summed E-state index contributed by atoms with van der Waals surface area (Å²) < 4.78 is 32.0. The van der Waals surface area contributed by atoms with Crippen LogP contribution in [0.3, 0.4) is 0 Å². The molecule has 1 heterocycles. The third-order valence-corrected chi connectivity index (χ3v) is 3.89. The van der Waals surface area contributed by atoms with Gasteiger partial charge in [-0.3, -0.25) is 0 Å². The Morgan fingerprint density at radius 2 is 1.83 bits per heavy atom. The number of hydrogen-bond donors (Lipinski definition) is 0. The van der Waals surface area contributed by atoms with E-state index in [0.29, 0.717) is 0 Å². The lowest BCUT2D eigenvalue weighted by Gasteiger charge is -2.19. The Morgan fingerprint density at radius 1 is 1.22 bits per heavy atom. The summed E-state index contributed by atoms with van der Waals surface area (Å²) in [4.78, 5) is 21.8. The van der Waals surface area contributed by atoms with Gasteiger partial charge in [-0.1, -0.05) is 6.92 Å². The van der Waals surface area contributed by atoms with Crippen LogP contribution in [0.15, 0.2) is 0 Å². The van der Waals surface area contributed by atoms with Crippen LogP contribution in [0.4, 0.5) is 14.0 Å². The van der Waals surface area contributed by atoms with Crippen molar-refractivity contribution in [3.8, 4) is 0 Å². The van der Waals surface area contributed by atoms with Crippen LogP contribution in [-0.2, 0) is 18.9 Å². The monoisotopic (exact) mass is 282 g/mol. The molecule has 0 radical (unpaired) electrons. The third-order valence-electron chi connectivity index (χ3n) is 2.45. The van der Waals surface area contributed by atoms with Crippen molar-refractivity contribution in [1.82, 2.24) is 0 Å². The number of carbonyl (C=O) groups is 2. The van der Waals surface area contributed by atoms with Crippen molar-refractivity contribution in [2.24, 2.45) is 0 Å². The van der Waals surface area contributed by atoms with Crippen LogP contribution < -0.4 is 0 Å². The fourth-order valence-electron chi connectivity index (χ4n) is 1.54. The van der Waals surface area contributed by atoms with Crippen molar-refractivity contribution in [2.45, 2.75) is 29.7 Å². The van der Waals surface area contributed by atoms with E-state index in [2.05, 4.69) is 9.47 Å². The molecule has 4 atom stereocenters. The van der Waals surface area contributed by atoms with E-state index in [-0.39, 0.29) is 11.9 Å². The Kier molecular flexibility index (Phi) is 5.52. The van der Waals surface area contributed by atoms with Gasteiger partial charge in [0, 0.05) is 5.25 Å². The molecular weight excluding hydrogens is 267 g/mol. The van der Waals surface area contributed by atoms with E-state index >= 15 is 0 Å². The molecule has 0 N–H and O–H groups in total. The van der Waals surface area contributed by atoms with Gasteiger partial charge >= 0.3 is 12.3 Å². The predicted molar refractivity (Wildman–Crippen MR) is 61.4 cm³/mol. The first-order chi connectivity index (χ1) is 8.49. The van der Waals surface area contributed by atoms with Crippen molar-refractivity contribution in [2.75, 3.05) is 20.8 Å². The minimum absolute atomic E-state index is 0.0935. The van der Waals surface area contributed by atoms with Crippen molar-refractivity contribution < 1.29 is 32.9 Å². The van der Waals surface area contributed by atoms with Gasteiger partial charge in [0.1, 0.15) is 12.8 Å². The average Bonchev–Trinajstić information content (AvgIpc) is 2.63. The maximum Gasteiger partial charge on any atom is 0.508 e. The first-order valence-electron chi connectivity index (χ1n) is 5.24. The zero-order valence-corrected chi connectivity index (χ0v) is 11.1. The normalized spacial score (nSPS) is 30.7. The lowest BCUT2D eigenvalue weighted by molar-refractivity contribution is -0.00255. The Hall–Kier alpha value is -1.18. The van der Waals surface area contributed by atoms with E-state index in [1.54, 1.807) is 6.92 Å². The molecule has 0 amide bonds. The maximum atomic E-state index is 13.8. The minimum atomic E-state index is -1.33.